The minimum atomic E-state index is -0.828. The van der Waals surface area contributed by atoms with Crippen LogP contribution >= 0.6 is 11.6 Å². The highest BCUT2D eigenvalue weighted by Gasteiger charge is 2.18. The Labute approximate surface area is 173 Å². The summed E-state index contributed by atoms with van der Waals surface area (Å²) in [6.07, 6.45) is 1.95. The minimum absolute atomic E-state index is 0.0417. The molecule has 0 aliphatic carbocycles. The highest BCUT2D eigenvalue weighted by atomic mass is 35.5. The number of carbonyl (C=O) groups is 1. The molecule has 0 bridgehead atoms. The van der Waals surface area contributed by atoms with Gasteiger partial charge in [0.2, 0.25) is 11.7 Å². The van der Waals surface area contributed by atoms with Gasteiger partial charge >= 0.3 is 5.97 Å². The van der Waals surface area contributed by atoms with Crippen LogP contribution in [0.1, 0.15) is 31.9 Å². The number of hydrogen-bond donors (Lipinski definition) is 1. The van der Waals surface area contributed by atoms with E-state index in [9.17, 15) is 9.90 Å². The van der Waals surface area contributed by atoms with Crippen LogP contribution in [0, 0.1) is 12.8 Å². The Morgan fingerprint density at radius 1 is 1.31 bits per heavy atom. The maximum Gasteiger partial charge on any atom is 0.306 e. The maximum atomic E-state index is 11.2. The molecule has 0 aliphatic heterocycles. The van der Waals surface area contributed by atoms with Crippen molar-refractivity contribution in [2.45, 2.75) is 40.2 Å². The SMILES string of the molecule is Cc1c(C[C@@H](C)C(=O)O)cccc1-c1noc(-c2cnc(OC(C)C)c(Cl)c2)n1. The number of benzene rings is 1. The summed E-state index contributed by atoms with van der Waals surface area (Å²) < 4.78 is 10.9. The average molecular weight is 416 g/mol. The fraction of sp³-hybridized carbons (Fsp3) is 0.333. The molecule has 152 valence electrons. The molecule has 2 aromatic heterocycles. The molecule has 3 aromatic rings. The van der Waals surface area contributed by atoms with E-state index >= 15 is 0 Å². The average Bonchev–Trinajstić information content (AvgIpc) is 3.14. The van der Waals surface area contributed by atoms with Crippen molar-refractivity contribution in [3.8, 4) is 28.7 Å². The fourth-order valence-electron chi connectivity index (χ4n) is 2.87. The minimum Gasteiger partial charge on any atom is -0.481 e. The summed E-state index contributed by atoms with van der Waals surface area (Å²) in [5.74, 6) is -0.257. The highest BCUT2D eigenvalue weighted by Crippen LogP contribution is 2.30. The smallest absolute Gasteiger partial charge is 0.306 e. The first-order valence-corrected chi connectivity index (χ1v) is 9.62. The first kappa shape index (κ1) is 20.8. The number of rotatable bonds is 7. The van der Waals surface area contributed by atoms with Gasteiger partial charge in [0, 0.05) is 11.8 Å². The molecule has 0 saturated heterocycles. The van der Waals surface area contributed by atoms with Gasteiger partial charge in [0.25, 0.3) is 5.89 Å². The van der Waals surface area contributed by atoms with Crippen molar-refractivity contribution in [2.24, 2.45) is 5.92 Å². The van der Waals surface area contributed by atoms with Crippen molar-refractivity contribution in [3.05, 3.63) is 46.6 Å². The zero-order chi connectivity index (χ0) is 21.1. The standard InChI is InChI=1S/C21H22ClN3O4/c1-11(2)28-20-17(22)9-15(10-23-20)19-24-18(25-29-19)16-7-5-6-14(13(16)4)8-12(3)21(26)27/h5-7,9-12H,8H2,1-4H3,(H,26,27)/t12-/m1/s1. The van der Waals surface area contributed by atoms with E-state index in [1.54, 1.807) is 19.2 Å². The second-order valence-corrected chi connectivity index (χ2v) is 7.54. The van der Waals surface area contributed by atoms with Gasteiger partial charge < -0.3 is 14.4 Å². The number of pyridine rings is 1. The molecule has 8 heteroatoms. The van der Waals surface area contributed by atoms with Crippen LogP contribution in [-0.4, -0.2) is 32.3 Å². The van der Waals surface area contributed by atoms with Crippen molar-refractivity contribution >= 4 is 17.6 Å². The number of nitrogens with zero attached hydrogens (tertiary/aromatic N) is 3. The predicted octanol–water partition coefficient (Wildman–Crippen LogP) is 4.81. The number of aliphatic carboxylic acids is 1. The molecule has 0 unspecified atom stereocenters. The molecule has 0 radical (unpaired) electrons. The summed E-state index contributed by atoms with van der Waals surface area (Å²) in [5, 5.41) is 13.6. The van der Waals surface area contributed by atoms with E-state index in [2.05, 4.69) is 15.1 Å². The Morgan fingerprint density at radius 2 is 2.07 bits per heavy atom. The van der Waals surface area contributed by atoms with Crippen molar-refractivity contribution in [3.63, 3.8) is 0 Å². The van der Waals surface area contributed by atoms with Crippen LogP contribution in [0.15, 0.2) is 35.0 Å². The number of hydrogen-bond acceptors (Lipinski definition) is 6. The molecule has 0 fully saturated rings. The first-order valence-electron chi connectivity index (χ1n) is 9.24. The van der Waals surface area contributed by atoms with Crippen LogP contribution in [0.4, 0.5) is 0 Å². The number of halogens is 1. The van der Waals surface area contributed by atoms with E-state index in [1.807, 2.05) is 39.0 Å². The van der Waals surface area contributed by atoms with E-state index in [4.69, 9.17) is 20.9 Å². The largest absolute Gasteiger partial charge is 0.481 e. The second kappa shape index (κ2) is 8.61. The van der Waals surface area contributed by atoms with E-state index in [0.29, 0.717) is 28.7 Å². The highest BCUT2D eigenvalue weighted by molar-refractivity contribution is 6.32. The molecular weight excluding hydrogens is 394 g/mol. The van der Waals surface area contributed by atoms with Gasteiger partial charge in [-0.1, -0.05) is 41.9 Å². The number of carboxylic acid groups (broad SMARTS) is 1. The second-order valence-electron chi connectivity index (χ2n) is 7.13. The third kappa shape index (κ3) is 4.74. The zero-order valence-corrected chi connectivity index (χ0v) is 17.4. The van der Waals surface area contributed by atoms with E-state index in [0.717, 1.165) is 16.7 Å². The third-order valence-electron chi connectivity index (χ3n) is 4.46. The van der Waals surface area contributed by atoms with Crippen LogP contribution in [0.25, 0.3) is 22.8 Å². The van der Waals surface area contributed by atoms with Gasteiger partial charge in [0.05, 0.1) is 17.6 Å². The lowest BCUT2D eigenvalue weighted by Gasteiger charge is -2.11. The quantitative estimate of drug-likeness (QED) is 0.591. The molecule has 1 atom stereocenters. The molecule has 1 aromatic carbocycles. The fourth-order valence-corrected chi connectivity index (χ4v) is 3.08. The summed E-state index contributed by atoms with van der Waals surface area (Å²) in [6, 6.07) is 7.32. The van der Waals surface area contributed by atoms with Crippen LogP contribution < -0.4 is 4.74 Å². The van der Waals surface area contributed by atoms with E-state index in [1.165, 1.54) is 0 Å². The van der Waals surface area contributed by atoms with Crippen molar-refractivity contribution in [1.29, 1.82) is 0 Å². The molecule has 0 amide bonds. The van der Waals surface area contributed by atoms with E-state index < -0.39 is 11.9 Å². The lowest BCUT2D eigenvalue weighted by Crippen LogP contribution is -2.13. The van der Waals surface area contributed by atoms with Crippen LogP contribution in [0.2, 0.25) is 5.02 Å². The molecule has 1 N–H and O–H groups in total. The monoisotopic (exact) mass is 415 g/mol. The van der Waals surface area contributed by atoms with Gasteiger partial charge in [0.15, 0.2) is 0 Å². The first-order chi connectivity index (χ1) is 13.8. The number of carboxylic acids is 1. The Kier molecular flexibility index (Phi) is 6.17. The molecule has 7 nitrogen and oxygen atoms in total. The molecule has 0 saturated carbocycles. The summed E-state index contributed by atoms with van der Waals surface area (Å²) in [7, 11) is 0. The number of aromatic nitrogens is 3. The maximum absolute atomic E-state index is 11.2. The Hall–Kier alpha value is -2.93. The van der Waals surface area contributed by atoms with Crippen LogP contribution in [0.3, 0.4) is 0 Å². The molecular formula is C21H22ClN3O4. The van der Waals surface area contributed by atoms with Gasteiger partial charge in [0.1, 0.15) is 5.02 Å². The van der Waals surface area contributed by atoms with Gasteiger partial charge in [-0.25, -0.2) is 4.98 Å². The van der Waals surface area contributed by atoms with Crippen molar-refractivity contribution in [1.82, 2.24) is 15.1 Å². The Balaban J connectivity index is 1.89. The van der Waals surface area contributed by atoms with Crippen LogP contribution in [0.5, 0.6) is 5.88 Å². The molecule has 2 heterocycles. The lowest BCUT2D eigenvalue weighted by molar-refractivity contribution is -0.141. The summed E-state index contributed by atoms with van der Waals surface area (Å²) >= 11 is 6.24. The summed E-state index contributed by atoms with van der Waals surface area (Å²) in [6.45, 7) is 7.39. The Morgan fingerprint density at radius 3 is 2.72 bits per heavy atom. The van der Waals surface area contributed by atoms with Gasteiger partial charge in [-0.3, -0.25) is 4.79 Å². The molecule has 3 rings (SSSR count). The third-order valence-corrected chi connectivity index (χ3v) is 4.73. The van der Waals surface area contributed by atoms with Gasteiger partial charge in [-0.05, 0) is 44.4 Å². The topological polar surface area (TPSA) is 98.3 Å². The van der Waals surface area contributed by atoms with Gasteiger partial charge in [-0.2, -0.15) is 4.98 Å². The number of ether oxygens (including phenoxy) is 1. The molecule has 0 spiro atoms. The predicted molar refractivity (Wildman–Crippen MR) is 109 cm³/mol. The van der Waals surface area contributed by atoms with Crippen molar-refractivity contribution < 1.29 is 19.2 Å². The lowest BCUT2D eigenvalue weighted by atomic mass is 9.94. The summed E-state index contributed by atoms with van der Waals surface area (Å²) in [5.41, 5.74) is 3.22. The van der Waals surface area contributed by atoms with Gasteiger partial charge in [-0.15, -0.1) is 0 Å². The summed E-state index contributed by atoms with van der Waals surface area (Å²) in [4.78, 5) is 19.9. The molecule has 29 heavy (non-hydrogen) atoms. The van der Waals surface area contributed by atoms with E-state index in [-0.39, 0.29) is 12.0 Å². The van der Waals surface area contributed by atoms with Crippen molar-refractivity contribution in [2.75, 3.05) is 0 Å². The van der Waals surface area contributed by atoms with Crippen LogP contribution in [-0.2, 0) is 11.2 Å². The normalized spacial score (nSPS) is 12.2. The zero-order valence-electron chi connectivity index (χ0n) is 16.6. The molecule has 0 aliphatic rings. The Bertz CT molecular complexity index is 1030.